The molecule has 158 valence electrons. The van der Waals surface area contributed by atoms with Gasteiger partial charge < -0.3 is 14.8 Å². The third kappa shape index (κ3) is 5.28. The smallest absolute Gasteiger partial charge is 0.238 e. The first-order valence-corrected chi connectivity index (χ1v) is 11.0. The number of nitrogens with one attached hydrogen (secondary N) is 2. The zero-order chi connectivity index (χ0) is 21.7. The Morgan fingerprint density at radius 1 is 1.20 bits per heavy atom. The molecule has 0 fully saturated rings. The number of aromatic nitrogens is 3. The SMILES string of the molecule is COc1ccc(-c2nc(SCC(=O)Nc3cccc(S(N)(=O)=O)c3)n[nH]2)c(OC)c1. The molecule has 0 bridgehead atoms. The molecule has 1 amide bonds. The molecule has 1 aromatic heterocycles. The van der Waals surface area contributed by atoms with Crippen LogP contribution in [0, 0.1) is 0 Å². The summed E-state index contributed by atoms with van der Waals surface area (Å²) < 4.78 is 33.4. The maximum atomic E-state index is 12.2. The Morgan fingerprint density at radius 3 is 2.70 bits per heavy atom. The summed E-state index contributed by atoms with van der Waals surface area (Å²) >= 11 is 1.12. The van der Waals surface area contributed by atoms with Gasteiger partial charge in [0.1, 0.15) is 11.5 Å². The van der Waals surface area contributed by atoms with Crippen LogP contribution in [0.3, 0.4) is 0 Å². The minimum atomic E-state index is -3.85. The number of ether oxygens (including phenoxy) is 2. The van der Waals surface area contributed by atoms with Crippen LogP contribution in [-0.4, -0.2) is 49.5 Å². The highest BCUT2D eigenvalue weighted by atomic mass is 32.2. The Bertz CT molecular complexity index is 1160. The van der Waals surface area contributed by atoms with Crippen molar-refractivity contribution in [3.63, 3.8) is 0 Å². The molecule has 0 aliphatic rings. The number of methoxy groups -OCH3 is 2. The topological polar surface area (TPSA) is 149 Å². The van der Waals surface area contributed by atoms with Crippen LogP contribution >= 0.6 is 11.8 Å². The number of amides is 1. The van der Waals surface area contributed by atoms with Crippen molar-refractivity contribution in [3.8, 4) is 22.9 Å². The van der Waals surface area contributed by atoms with Crippen molar-refractivity contribution in [1.82, 2.24) is 15.2 Å². The van der Waals surface area contributed by atoms with Crippen LogP contribution in [0.4, 0.5) is 5.69 Å². The van der Waals surface area contributed by atoms with Gasteiger partial charge in [0, 0.05) is 11.8 Å². The molecule has 1 heterocycles. The van der Waals surface area contributed by atoms with Gasteiger partial charge in [-0.05, 0) is 30.3 Å². The lowest BCUT2D eigenvalue weighted by Gasteiger charge is -2.07. The van der Waals surface area contributed by atoms with E-state index in [-0.39, 0.29) is 16.6 Å². The molecular weight excluding hydrogens is 430 g/mol. The molecule has 30 heavy (non-hydrogen) atoms. The Labute approximate surface area is 177 Å². The second-order valence-corrected chi connectivity index (χ2v) is 8.45. The van der Waals surface area contributed by atoms with Gasteiger partial charge in [0.15, 0.2) is 5.82 Å². The number of carbonyl (C=O) groups excluding carboxylic acids is 1. The van der Waals surface area contributed by atoms with Crippen molar-refractivity contribution in [2.24, 2.45) is 5.14 Å². The first-order chi connectivity index (χ1) is 14.3. The largest absolute Gasteiger partial charge is 0.497 e. The standard InChI is InChI=1S/C18H19N5O5S2/c1-27-12-6-7-14(15(9-12)28-2)17-21-18(23-22-17)29-10-16(24)20-11-4-3-5-13(8-11)30(19,25)26/h3-9H,10H2,1-2H3,(H,20,24)(H2,19,25,26)(H,21,22,23). The average Bonchev–Trinajstić information content (AvgIpc) is 3.20. The summed E-state index contributed by atoms with van der Waals surface area (Å²) in [6, 6.07) is 11.0. The summed E-state index contributed by atoms with van der Waals surface area (Å²) in [5.41, 5.74) is 1.02. The number of nitrogens with zero attached hydrogens (tertiary/aromatic N) is 2. The van der Waals surface area contributed by atoms with Crippen LogP contribution in [0.5, 0.6) is 11.5 Å². The van der Waals surface area contributed by atoms with E-state index in [1.807, 2.05) is 0 Å². The number of sulfonamides is 1. The van der Waals surface area contributed by atoms with Crippen LogP contribution in [-0.2, 0) is 14.8 Å². The third-order valence-electron chi connectivity index (χ3n) is 3.91. The van der Waals surface area contributed by atoms with E-state index in [0.29, 0.717) is 33.7 Å². The van der Waals surface area contributed by atoms with E-state index in [1.54, 1.807) is 38.5 Å². The van der Waals surface area contributed by atoms with Crippen molar-refractivity contribution in [2.45, 2.75) is 10.1 Å². The van der Waals surface area contributed by atoms with E-state index in [4.69, 9.17) is 14.6 Å². The number of anilines is 1. The highest BCUT2D eigenvalue weighted by Gasteiger charge is 2.14. The van der Waals surface area contributed by atoms with E-state index in [1.165, 1.54) is 18.2 Å². The average molecular weight is 450 g/mol. The number of benzene rings is 2. The highest BCUT2D eigenvalue weighted by Crippen LogP contribution is 2.32. The maximum Gasteiger partial charge on any atom is 0.238 e. The number of aromatic amines is 1. The minimum Gasteiger partial charge on any atom is -0.497 e. The summed E-state index contributed by atoms with van der Waals surface area (Å²) in [5.74, 6) is 1.37. The second-order valence-electron chi connectivity index (χ2n) is 5.94. The van der Waals surface area contributed by atoms with Crippen molar-refractivity contribution in [1.29, 1.82) is 0 Å². The number of hydrogen-bond acceptors (Lipinski definition) is 8. The molecule has 2 aromatic carbocycles. The molecule has 4 N–H and O–H groups in total. The van der Waals surface area contributed by atoms with Crippen molar-refractivity contribution >= 4 is 33.4 Å². The fourth-order valence-electron chi connectivity index (χ4n) is 2.50. The zero-order valence-electron chi connectivity index (χ0n) is 16.1. The van der Waals surface area contributed by atoms with Gasteiger partial charge in [-0.1, -0.05) is 17.8 Å². The zero-order valence-corrected chi connectivity index (χ0v) is 17.7. The van der Waals surface area contributed by atoms with Gasteiger partial charge in [-0.2, -0.15) is 0 Å². The number of rotatable bonds is 8. The van der Waals surface area contributed by atoms with Crippen molar-refractivity contribution in [3.05, 3.63) is 42.5 Å². The quantitative estimate of drug-likeness (QED) is 0.441. The van der Waals surface area contributed by atoms with Crippen LogP contribution in [0.25, 0.3) is 11.4 Å². The lowest BCUT2D eigenvalue weighted by molar-refractivity contribution is -0.113. The first-order valence-electron chi connectivity index (χ1n) is 8.50. The molecule has 12 heteroatoms. The molecule has 0 saturated heterocycles. The Kier molecular flexibility index (Phi) is 6.59. The number of thioether (sulfide) groups is 1. The molecule has 3 aromatic rings. The van der Waals surface area contributed by atoms with Gasteiger partial charge in [0.25, 0.3) is 0 Å². The molecule has 0 aliphatic carbocycles. The predicted octanol–water partition coefficient (Wildman–Crippen LogP) is 1.87. The molecule has 0 unspecified atom stereocenters. The molecule has 10 nitrogen and oxygen atoms in total. The lowest BCUT2D eigenvalue weighted by Crippen LogP contribution is -2.16. The molecule has 3 rings (SSSR count). The van der Waals surface area contributed by atoms with Crippen LogP contribution in [0.15, 0.2) is 52.5 Å². The normalized spacial score (nSPS) is 11.2. The fourth-order valence-corrected chi connectivity index (χ4v) is 3.66. The molecule has 0 saturated carbocycles. The van der Waals surface area contributed by atoms with E-state index in [9.17, 15) is 13.2 Å². The summed E-state index contributed by atoms with van der Waals surface area (Å²) in [6.07, 6.45) is 0. The number of hydrogen-bond donors (Lipinski definition) is 3. The highest BCUT2D eigenvalue weighted by molar-refractivity contribution is 7.99. The molecule has 0 aliphatic heterocycles. The van der Waals surface area contributed by atoms with Gasteiger partial charge in [-0.3, -0.25) is 9.89 Å². The number of nitrogens with two attached hydrogens (primary N) is 1. The number of primary sulfonamides is 1. The predicted molar refractivity (Wildman–Crippen MR) is 112 cm³/mol. The van der Waals surface area contributed by atoms with Gasteiger partial charge in [0.2, 0.25) is 21.1 Å². The van der Waals surface area contributed by atoms with E-state index < -0.39 is 10.0 Å². The maximum absolute atomic E-state index is 12.2. The van der Waals surface area contributed by atoms with Gasteiger partial charge in [-0.15, -0.1) is 5.10 Å². The van der Waals surface area contributed by atoms with Crippen LogP contribution in [0.2, 0.25) is 0 Å². The van der Waals surface area contributed by atoms with E-state index in [0.717, 1.165) is 11.8 Å². The van der Waals surface area contributed by atoms with Crippen molar-refractivity contribution in [2.75, 3.05) is 25.3 Å². The minimum absolute atomic E-state index is 0.0244. The van der Waals surface area contributed by atoms with E-state index >= 15 is 0 Å². The molecule has 0 radical (unpaired) electrons. The third-order valence-corrected chi connectivity index (χ3v) is 5.67. The van der Waals surface area contributed by atoms with Gasteiger partial charge in [-0.25, -0.2) is 18.5 Å². The molecule has 0 spiro atoms. The Hall–Kier alpha value is -3.09. The van der Waals surface area contributed by atoms with Crippen molar-refractivity contribution < 1.29 is 22.7 Å². The lowest BCUT2D eigenvalue weighted by atomic mass is 10.2. The number of carbonyl (C=O) groups is 1. The molecule has 0 atom stereocenters. The first kappa shape index (κ1) is 21.6. The van der Waals surface area contributed by atoms with Gasteiger partial charge >= 0.3 is 0 Å². The fraction of sp³-hybridized carbons (Fsp3) is 0.167. The summed E-state index contributed by atoms with van der Waals surface area (Å²) in [6.45, 7) is 0. The number of H-pyrrole nitrogens is 1. The van der Waals surface area contributed by atoms with Crippen LogP contribution < -0.4 is 19.9 Å². The second kappa shape index (κ2) is 9.15. The summed E-state index contributed by atoms with van der Waals surface area (Å²) in [5, 5.41) is 15.0. The Morgan fingerprint density at radius 2 is 2.00 bits per heavy atom. The summed E-state index contributed by atoms with van der Waals surface area (Å²) in [4.78, 5) is 16.5. The Balaban J connectivity index is 1.64. The monoisotopic (exact) mass is 449 g/mol. The van der Waals surface area contributed by atoms with Gasteiger partial charge in [0.05, 0.1) is 30.4 Å². The van der Waals surface area contributed by atoms with E-state index in [2.05, 4.69) is 20.5 Å². The molecular formula is C18H19N5O5S2. The van der Waals surface area contributed by atoms with Crippen LogP contribution in [0.1, 0.15) is 0 Å². The summed E-state index contributed by atoms with van der Waals surface area (Å²) in [7, 11) is -0.744.